The zero-order valence-electron chi connectivity index (χ0n) is 12.7. The molecule has 2 aromatic rings. The van der Waals surface area contributed by atoms with Gasteiger partial charge in [0, 0.05) is 17.1 Å². The van der Waals surface area contributed by atoms with Gasteiger partial charge in [0.15, 0.2) is 0 Å². The highest BCUT2D eigenvalue weighted by molar-refractivity contribution is 7.80. The van der Waals surface area contributed by atoms with Crippen molar-refractivity contribution in [1.82, 2.24) is 4.98 Å². The highest BCUT2D eigenvalue weighted by Gasteiger charge is 2.12. The molecule has 0 aliphatic carbocycles. The summed E-state index contributed by atoms with van der Waals surface area (Å²) in [6.45, 7) is 5.86. The van der Waals surface area contributed by atoms with Crippen LogP contribution >= 0.6 is 12.2 Å². The van der Waals surface area contributed by atoms with Crippen LogP contribution in [0.3, 0.4) is 0 Å². The molecule has 0 radical (unpaired) electrons. The smallest absolute Gasteiger partial charge is 0.121 e. The van der Waals surface area contributed by atoms with Crippen LogP contribution in [-0.4, -0.2) is 17.1 Å². The van der Waals surface area contributed by atoms with Crippen LogP contribution in [-0.2, 0) is 0 Å². The molecule has 3 N–H and O–H groups in total. The molecule has 1 heterocycles. The second-order valence-electron chi connectivity index (χ2n) is 4.95. The molecule has 21 heavy (non-hydrogen) atoms. The molecular formula is C16H19N3OS. The Hall–Kier alpha value is -2.14. The minimum atomic E-state index is 0.340. The number of nitrogens with two attached hydrogens (primary N) is 1. The summed E-state index contributed by atoms with van der Waals surface area (Å²) in [4.78, 5) is 4.76. The monoisotopic (exact) mass is 301 g/mol. The van der Waals surface area contributed by atoms with E-state index < -0.39 is 0 Å². The van der Waals surface area contributed by atoms with E-state index in [4.69, 9.17) is 22.7 Å². The second kappa shape index (κ2) is 6.10. The van der Waals surface area contributed by atoms with Crippen molar-refractivity contribution >= 4 is 28.6 Å². The van der Waals surface area contributed by atoms with Crippen LogP contribution in [0.2, 0.25) is 0 Å². The van der Waals surface area contributed by atoms with E-state index in [-0.39, 0.29) is 0 Å². The van der Waals surface area contributed by atoms with E-state index in [1.165, 1.54) is 0 Å². The van der Waals surface area contributed by atoms with Crippen LogP contribution in [0.15, 0.2) is 24.3 Å². The normalized spacial score (nSPS) is 10.3. The first-order valence-corrected chi connectivity index (χ1v) is 7.03. The van der Waals surface area contributed by atoms with E-state index in [1.54, 1.807) is 7.11 Å². The largest absolute Gasteiger partial charge is 0.496 e. The summed E-state index contributed by atoms with van der Waals surface area (Å²) in [5.41, 5.74) is 11.2. The average Bonchev–Trinajstić information content (AvgIpc) is 2.37. The Bertz CT molecular complexity index is 698. The first-order chi connectivity index (χ1) is 9.92. The van der Waals surface area contributed by atoms with Gasteiger partial charge in [0.1, 0.15) is 10.7 Å². The zero-order chi connectivity index (χ0) is 15.6. The standard InChI is InChI=1S/C16H19N3OS/c1-9-7-12(5-6-14(9)20-4)19-13-8-10(2)18-11(3)15(13)16(17)21/h5-8H,1-4H3,(H2,17,21)(H,18,19). The molecule has 1 aromatic heterocycles. The molecule has 5 heteroatoms. The number of thiocarbonyl (C=S) groups is 1. The molecule has 110 valence electrons. The van der Waals surface area contributed by atoms with Crippen molar-refractivity contribution in [3.8, 4) is 5.75 Å². The lowest BCUT2D eigenvalue weighted by Crippen LogP contribution is -2.15. The van der Waals surface area contributed by atoms with Crippen LogP contribution in [0.25, 0.3) is 0 Å². The molecule has 1 aromatic carbocycles. The number of methoxy groups -OCH3 is 1. The number of nitrogens with one attached hydrogen (secondary N) is 1. The molecule has 0 aliphatic rings. The first kappa shape index (κ1) is 15.3. The molecule has 0 saturated carbocycles. The maximum absolute atomic E-state index is 5.83. The summed E-state index contributed by atoms with van der Waals surface area (Å²) in [6, 6.07) is 7.85. The lowest BCUT2D eigenvalue weighted by Gasteiger charge is -2.15. The van der Waals surface area contributed by atoms with Crippen molar-refractivity contribution in [3.05, 3.63) is 46.8 Å². The molecule has 0 unspecified atom stereocenters. The van der Waals surface area contributed by atoms with Gasteiger partial charge in [0.25, 0.3) is 0 Å². The van der Waals surface area contributed by atoms with Gasteiger partial charge in [-0.15, -0.1) is 0 Å². The number of ether oxygens (including phenoxy) is 1. The molecule has 0 saturated heterocycles. The van der Waals surface area contributed by atoms with Gasteiger partial charge >= 0.3 is 0 Å². The second-order valence-corrected chi connectivity index (χ2v) is 5.39. The number of aryl methyl sites for hydroxylation is 3. The number of hydrogen-bond donors (Lipinski definition) is 2. The Morgan fingerprint density at radius 2 is 1.95 bits per heavy atom. The van der Waals surface area contributed by atoms with Gasteiger partial charge in [0.2, 0.25) is 0 Å². The fourth-order valence-corrected chi connectivity index (χ4v) is 2.61. The zero-order valence-corrected chi connectivity index (χ0v) is 13.5. The van der Waals surface area contributed by atoms with Gasteiger partial charge < -0.3 is 15.8 Å². The highest BCUT2D eigenvalue weighted by Crippen LogP contribution is 2.27. The number of benzene rings is 1. The number of pyridine rings is 1. The van der Waals surface area contributed by atoms with Crippen molar-refractivity contribution in [3.63, 3.8) is 0 Å². The number of hydrogen-bond acceptors (Lipinski definition) is 4. The van der Waals surface area contributed by atoms with E-state index in [9.17, 15) is 0 Å². The van der Waals surface area contributed by atoms with Gasteiger partial charge in [-0.2, -0.15) is 0 Å². The Kier molecular flexibility index (Phi) is 4.43. The third kappa shape index (κ3) is 3.31. The molecule has 0 spiro atoms. The Morgan fingerprint density at radius 1 is 1.24 bits per heavy atom. The van der Waals surface area contributed by atoms with Gasteiger partial charge in [0.05, 0.1) is 18.4 Å². The molecule has 0 aliphatic heterocycles. The molecule has 0 amide bonds. The van der Waals surface area contributed by atoms with Gasteiger partial charge in [-0.1, -0.05) is 12.2 Å². The van der Waals surface area contributed by atoms with Crippen LogP contribution in [0.4, 0.5) is 11.4 Å². The van der Waals surface area contributed by atoms with E-state index in [0.717, 1.165) is 39.6 Å². The van der Waals surface area contributed by atoms with E-state index in [0.29, 0.717) is 4.99 Å². The lowest BCUT2D eigenvalue weighted by molar-refractivity contribution is 0.412. The fourth-order valence-electron chi connectivity index (χ4n) is 2.35. The molecule has 2 rings (SSSR count). The summed E-state index contributed by atoms with van der Waals surface area (Å²) < 4.78 is 5.27. The quantitative estimate of drug-likeness (QED) is 0.848. The molecule has 0 fully saturated rings. The third-order valence-corrected chi connectivity index (χ3v) is 3.45. The molecule has 0 atom stereocenters. The average molecular weight is 301 g/mol. The van der Waals surface area contributed by atoms with Gasteiger partial charge in [-0.3, -0.25) is 4.98 Å². The van der Waals surface area contributed by atoms with Crippen molar-refractivity contribution < 1.29 is 4.74 Å². The highest BCUT2D eigenvalue weighted by atomic mass is 32.1. The number of anilines is 2. The minimum Gasteiger partial charge on any atom is -0.496 e. The van der Waals surface area contributed by atoms with E-state index >= 15 is 0 Å². The van der Waals surface area contributed by atoms with Crippen LogP contribution in [0.5, 0.6) is 5.75 Å². The predicted molar refractivity (Wildman–Crippen MR) is 90.6 cm³/mol. The fraction of sp³-hybridized carbons (Fsp3) is 0.250. The van der Waals surface area contributed by atoms with Crippen molar-refractivity contribution in [2.75, 3.05) is 12.4 Å². The maximum Gasteiger partial charge on any atom is 0.121 e. The number of aromatic nitrogens is 1. The number of nitrogens with zero attached hydrogens (tertiary/aromatic N) is 1. The first-order valence-electron chi connectivity index (χ1n) is 6.62. The van der Waals surface area contributed by atoms with Crippen LogP contribution in [0.1, 0.15) is 22.5 Å². The molecular weight excluding hydrogens is 282 g/mol. The minimum absolute atomic E-state index is 0.340. The van der Waals surface area contributed by atoms with Crippen LogP contribution < -0.4 is 15.8 Å². The summed E-state index contributed by atoms with van der Waals surface area (Å²) in [5, 5.41) is 3.36. The van der Waals surface area contributed by atoms with Crippen molar-refractivity contribution in [2.45, 2.75) is 20.8 Å². The van der Waals surface area contributed by atoms with E-state index in [1.807, 2.05) is 45.0 Å². The summed E-state index contributed by atoms with van der Waals surface area (Å²) in [5.74, 6) is 0.859. The van der Waals surface area contributed by atoms with Crippen molar-refractivity contribution in [1.29, 1.82) is 0 Å². The molecule has 0 bridgehead atoms. The Morgan fingerprint density at radius 3 is 2.52 bits per heavy atom. The number of rotatable bonds is 4. The Balaban J connectivity index is 2.44. The topological polar surface area (TPSA) is 60.2 Å². The summed E-state index contributed by atoms with van der Waals surface area (Å²) in [6.07, 6.45) is 0. The maximum atomic E-state index is 5.83. The Labute approximate surface area is 130 Å². The summed E-state index contributed by atoms with van der Waals surface area (Å²) in [7, 11) is 1.66. The van der Waals surface area contributed by atoms with Crippen LogP contribution in [0, 0.1) is 20.8 Å². The lowest BCUT2D eigenvalue weighted by atomic mass is 10.1. The predicted octanol–water partition coefficient (Wildman–Crippen LogP) is 3.39. The van der Waals surface area contributed by atoms with Crippen molar-refractivity contribution in [2.24, 2.45) is 5.73 Å². The third-order valence-electron chi connectivity index (χ3n) is 3.25. The summed E-state index contributed by atoms with van der Waals surface area (Å²) >= 11 is 5.14. The van der Waals surface area contributed by atoms with E-state index in [2.05, 4.69) is 10.3 Å². The molecule has 4 nitrogen and oxygen atoms in total. The van der Waals surface area contributed by atoms with Gasteiger partial charge in [-0.25, -0.2) is 0 Å². The van der Waals surface area contributed by atoms with Gasteiger partial charge in [-0.05, 0) is 50.6 Å². The SMILES string of the molecule is COc1ccc(Nc2cc(C)nc(C)c2C(N)=S)cc1C.